The smallest absolute Gasteiger partial charge is 0.181 e. The van der Waals surface area contributed by atoms with E-state index in [0.29, 0.717) is 13.0 Å². The summed E-state index contributed by atoms with van der Waals surface area (Å²) >= 11 is 0. The van der Waals surface area contributed by atoms with Crippen molar-refractivity contribution in [2.75, 3.05) is 0 Å². The SMILES string of the molecule is CCCCc1nc(-c2ccccc2)nn1CCC#N. The standard InChI is InChI=1S/C15H18N4/c1-2-3-10-14-17-15(13-8-5-4-6-9-13)18-19(14)12-7-11-16/h4-6,8-9H,2-3,7,10,12H2,1H3. The second kappa shape index (κ2) is 6.69. The molecule has 0 saturated heterocycles. The minimum Gasteiger partial charge on any atom is -0.248 e. The molecule has 0 bridgehead atoms. The zero-order valence-electron chi connectivity index (χ0n) is 11.2. The molecule has 0 amide bonds. The van der Waals surface area contributed by atoms with Crippen molar-refractivity contribution < 1.29 is 0 Å². The van der Waals surface area contributed by atoms with Crippen molar-refractivity contribution in [2.45, 2.75) is 39.2 Å². The van der Waals surface area contributed by atoms with Crippen LogP contribution in [0.2, 0.25) is 0 Å². The van der Waals surface area contributed by atoms with E-state index in [0.717, 1.165) is 36.5 Å². The average molecular weight is 254 g/mol. The molecule has 1 aromatic carbocycles. The van der Waals surface area contributed by atoms with Gasteiger partial charge >= 0.3 is 0 Å². The van der Waals surface area contributed by atoms with E-state index >= 15 is 0 Å². The lowest BCUT2D eigenvalue weighted by atomic mass is 10.2. The van der Waals surface area contributed by atoms with Gasteiger partial charge < -0.3 is 0 Å². The molecule has 0 radical (unpaired) electrons. The second-order valence-electron chi connectivity index (χ2n) is 4.45. The number of hydrogen-bond donors (Lipinski definition) is 0. The summed E-state index contributed by atoms with van der Waals surface area (Å²) in [6.45, 7) is 2.78. The molecule has 0 aliphatic rings. The summed E-state index contributed by atoms with van der Waals surface area (Å²) in [7, 11) is 0. The Bertz CT molecular complexity index is 551. The van der Waals surface area contributed by atoms with Crippen LogP contribution in [-0.4, -0.2) is 14.8 Å². The van der Waals surface area contributed by atoms with E-state index in [1.54, 1.807) is 0 Å². The molecule has 0 N–H and O–H groups in total. The minimum atomic E-state index is 0.469. The zero-order valence-corrected chi connectivity index (χ0v) is 11.2. The predicted molar refractivity (Wildman–Crippen MR) is 74.3 cm³/mol. The van der Waals surface area contributed by atoms with Crippen molar-refractivity contribution in [1.82, 2.24) is 14.8 Å². The van der Waals surface area contributed by atoms with Gasteiger partial charge in [0, 0.05) is 12.0 Å². The largest absolute Gasteiger partial charge is 0.248 e. The van der Waals surface area contributed by atoms with E-state index in [4.69, 9.17) is 5.26 Å². The van der Waals surface area contributed by atoms with E-state index in [-0.39, 0.29) is 0 Å². The number of aryl methyl sites for hydroxylation is 2. The van der Waals surface area contributed by atoms with Crippen molar-refractivity contribution >= 4 is 0 Å². The van der Waals surface area contributed by atoms with Gasteiger partial charge in [0.15, 0.2) is 5.82 Å². The van der Waals surface area contributed by atoms with Crippen LogP contribution >= 0.6 is 0 Å². The summed E-state index contributed by atoms with van der Waals surface area (Å²) in [6, 6.07) is 12.1. The molecule has 2 aromatic rings. The zero-order chi connectivity index (χ0) is 13.5. The maximum Gasteiger partial charge on any atom is 0.181 e. The van der Waals surface area contributed by atoms with Gasteiger partial charge in [-0.15, -0.1) is 0 Å². The fraction of sp³-hybridized carbons (Fsp3) is 0.400. The van der Waals surface area contributed by atoms with Crippen LogP contribution in [0, 0.1) is 11.3 Å². The first kappa shape index (κ1) is 13.3. The summed E-state index contributed by atoms with van der Waals surface area (Å²) in [4.78, 5) is 4.61. The average Bonchev–Trinajstić information content (AvgIpc) is 2.87. The molecule has 19 heavy (non-hydrogen) atoms. The van der Waals surface area contributed by atoms with Gasteiger partial charge in [-0.25, -0.2) is 9.67 Å². The van der Waals surface area contributed by atoms with Crippen LogP contribution in [0.15, 0.2) is 30.3 Å². The van der Waals surface area contributed by atoms with Gasteiger partial charge in [-0.3, -0.25) is 0 Å². The van der Waals surface area contributed by atoms with Crippen LogP contribution in [0.5, 0.6) is 0 Å². The molecule has 0 spiro atoms. The van der Waals surface area contributed by atoms with E-state index in [1.165, 1.54) is 0 Å². The lowest BCUT2D eigenvalue weighted by molar-refractivity contribution is 0.578. The summed E-state index contributed by atoms with van der Waals surface area (Å²) in [6.07, 6.45) is 3.61. The third-order valence-electron chi connectivity index (χ3n) is 2.97. The van der Waals surface area contributed by atoms with Crippen LogP contribution in [0.1, 0.15) is 32.0 Å². The Kier molecular flexibility index (Phi) is 4.68. The Labute approximate surface area is 113 Å². The van der Waals surface area contributed by atoms with Crippen LogP contribution in [0.4, 0.5) is 0 Å². The fourth-order valence-electron chi connectivity index (χ4n) is 1.94. The van der Waals surface area contributed by atoms with Crippen molar-refractivity contribution in [2.24, 2.45) is 0 Å². The van der Waals surface area contributed by atoms with Crippen molar-refractivity contribution in [3.05, 3.63) is 36.2 Å². The van der Waals surface area contributed by atoms with Crippen molar-refractivity contribution in [3.63, 3.8) is 0 Å². The minimum absolute atomic E-state index is 0.469. The molecule has 98 valence electrons. The first-order valence-corrected chi connectivity index (χ1v) is 6.71. The molecule has 2 rings (SSSR count). The van der Waals surface area contributed by atoms with Gasteiger partial charge in [0.1, 0.15) is 5.82 Å². The molecule has 1 heterocycles. The monoisotopic (exact) mass is 254 g/mol. The third-order valence-corrected chi connectivity index (χ3v) is 2.97. The lowest BCUT2D eigenvalue weighted by Crippen LogP contribution is -2.05. The first-order chi connectivity index (χ1) is 9.35. The van der Waals surface area contributed by atoms with E-state index in [1.807, 2.05) is 35.0 Å². The molecule has 0 aliphatic carbocycles. The molecular formula is C15H18N4. The second-order valence-corrected chi connectivity index (χ2v) is 4.45. The fourth-order valence-corrected chi connectivity index (χ4v) is 1.94. The highest BCUT2D eigenvalue weighted by Crippen LogP contribution is 2.16. The van der Waals surface area contributed by atoms with Gasteiger partial charge in [0.05, 0.1) is 19.0 Å². The highest BCUT2D eigenvalue weighted by atomic mass is 15.3. The first-order valence-electron chi connectivity index (χ1n) is 6.71. The van der Waals surface area contributed by atoms with Crippen molar-refractivity contribution in [3.8, 4) is 17.5 Å². The van der Waals surface area contributed by atoms with Gasteiger partial charge in [0.25, 0.3) is 0 Å². The molecule has 0 aliphatic heterocycles. The molecule has 0 atom stereocenters. The van der Waals surface area contributed by atoms with Crippen molar-refractivity contribution in [1.29, 1.82) is 5.26 Å². The Morgan fingerprint density at radius 2 is 2.05 bits per heavy atom. The number of hydrogen-bond acceptors (Lipinski definition) is 3. The number of benzene rings is 1. The van der Waals surface area contributed by atoms with E-state index < -0.39 is 0 Å². The molecule has 0 saturated carbocycles. The topological polar surface area (TPSA) is 54.5 Å². The highest BCUT2D eigenvalue weighted by molar-refractivity contribution is 5.53. The highest BCUT2D eigenvalue weighted by Gasteiger charge is 2.10. The summed E-state index contributed by atoms with van der Waals surface area (Å²) in [5.41, 5.74) is 1.02. The number of rotatable bonds is 6. The predicted octanol–water partition coefficient (Wildman–Crippen LogP) is 3.20. The van der Waals surface area contributed by atoms with Crippen LogP contribution < -0.4 is 0 Å². The number of nitriles is 1. The summed E-state index contributed by atoms with van der Waals surface area (Å²) in [5, 5.41) is 13.2. The maximum atomic E-state index is 8.71. The Morgan fingerprint density at radius 3 is 2.74 bits per heavy atom. The Balaban J connectivity index is 2.26. The Hall–Kier alpha value is -2.15. The quantitative estimate of drug-likeness (QED) is 0.795. The molecule has 0 fully saturated rings. The summed E-state index contributed by atoms with van der Waals surface area (Å²) < 4.78 is 1.88. The number of unbranched alkanes of at least 4 members (excludes halogenated alkanes) is 1. The van der Waals surface area contributed by atoms with Gasteiger partial charge in [0.2, 0.25) is 0 Å². The van der Waals surface area contributed by atoms with Gasteiger partial charge in [-0.2, -0.15) is 10.4 Å². The van der Waals surface area contributed by atoms with Crippen LogP contribution in [0.3, 0.4) is 0 Å². The van der Waals surface area contributed by atoms with Crippen LogP contribution in [-0.2, 0) is 13.0 Å². The Morgan fingerprint density at radius 1 is 1.26 bits per heavy atom. The molecule has 4 nitrogen and oxygen atoms in total. The number of nitrogens with zero attached hydrogens (tertiary/aromatic N) is 4. The van der Waals surface area contributed by atoms with E-state index in [9.17, 15) is 0 Å². The lowest BCUT2D eigenvalue weighted by Gasteiger charge is -2.01. The third kappa shape index (κ3) is 3.41. The normalized spacial score (nSPS) is 10.3. The maximum absolute atomic E-state index is 8.71. The van der Waals surface area contributed by atoms with Gasteiger partial charge in [-0.1, -0.05) is 43.7 Å². The molecule has 1 aromatic heterocycles. The molecular weight excluding hydrogens is 236 g/mol. The van der Waals surface area contributed by atoms with Crippen LogP contribution in [0.25, 0.3) is 11.4 Å². The summed E-state index contributed by atoms with van der Waals surface area (Å²) in [5.74, 6) is 1.74. The molecule has 4 heteroatoms. The number of aromatic nitrogens is 3. The van der Waals surface area contributed by atoms with E-state index in [2.05, 4.69) is 23.1 Å². The van der Waals surface area contributed by atoms with Gasteiger partial charge in [-0.05, 0) is 6.42 Å². The molecule has 0 unspecified atom stereocenters.